The molecule has 6 heteroatoms. The summed E-state index contributed by atoms with van der Waals surface area (Å²) in [5.74, 6) is 1.42. The third-order valence-electron chi connectivity index (χ3n) is 4.74. The fourth-order valence-electron chi connectivity index (χ4n) is 3.40. The number of rotatable bonds is 4. The van der Waals surface area contributed by atoms with Crippen LogP contribution in [0.5, 0.6) is 5.75 Å². The first kappa shape index (κ1) is 18.5. The minimum Gasteiger partial charge on any atom is -0.493 e. The molecule has 28 heavy (non-hydrogen) atoms. The molecule has 142 valence electrons. The molecule has 0 bridgehead atoms. The molecule has 0 saturated carbocycles. The van der Waals surface area contributed by atoms with Crippen LogP contribution in [0.2, 0.25) is 0 Å². The van der Waals surface area contributed by atoms with Crippen LogP contribution < -0.4 is 10.1 Å². The predicted octanol–water partition coefficient (Wildman–Crippen LogP) is 4.74. The van der Waals surface area contributed by atoms with E-state index in [1.54, 1.807) is 10.8 Å². The second-order valence-electron chi connectivity index (χ2n) is 6.73. The number of amides is 1. The molecule has 1 N–H and O–H groups in total. The summed E-state index contributed by atoms with van der Waals surface area (Å²) in [7, 11) is 1.83. The maximum Gasteiger partial charge on any atom is 0.249 e. The lowest BCUT2D eigenvalue weighted by atomic mass is 10.1. The standard InChI is InChI=1S/C22H20BrN3O2/c1-14-21(16-5-7-18(23)8-6-16)22(26(2)25-14)24-20(27)10-4-15-3-9-19-17(13-15)11-12-28-19/h3-10,13H,11-12H2,1-2H3,(H,24,27)/b10-4+. The van der Waals surface area contributed by atoms with Crippen molar-refractivity contribution in [2.24, 2.45) is 7.05 Å². The molecule has 1 amide bonds. The van der Waals surface area contributed by atoms with Gasteiger partial charge in [0.05, 0.1) is 12.3 Å². The molecule has 2 aromatic carbocycles. The Labute approximate surface area is 172 Å². The fourth-order valence-corrected chi connectivity index (χ4v) is 3.67. The first-order chi connectivity index (χ1) is 13.5. The first-order valence-electron chi connectivity index (χ1n) is 9.05. The number of hydrogen-bond donors (Lipinski definition) is 1. The monoisotopic (exact) mass is 437 g/mol. The van der Waals surface area contributed by atoms with E-state index >= 15 is 0 Å². The topological polar surface area (TPSA) is 56.2 Å². The average Bonchev–Trinajstić information content (AvgIpc) is 3.25. The Balaban J connectivity index is 1.55. The van der Waals surface area contributed by atoms with Gasteiger partial charge in [-0.25, -0.2) is 0 Å². The van der Waals surface area contributed by atoms with E-state index < -0.39 is 0 Å². The smallest absolute Gasteiger partial charge is 0.249 e. The molecule has 0 radical (unpaired) electrons. The van der Waals surface area contributed by atoms with Crippen molar-refractivity contribution in [2.45, 2.75) is 13.3 Å². The maximum absolute atomic E-state index is 12.5. The quantitative estimate of drug-likeness (QED) is 0.599. The summed E-state index contributed by atoms with van der Waals surface area (Å²) in [6, 6.07) is 13.9. The lowest BCUT2D eigenvalue weighted by Crippen LogP contribution is -2.12. The third-order valence-corrected chi connectivity index (χ3v) is 5.27. The SMILES string of the molecule is Cc1nn(C)c(NC(=O)/C=C/c2ccc3c(c2)CCO3)c1-c1ccc(Br)cc1. The molecule has 1 aromatic heterocycles. The van der Waals surface area contributed by atoms with Crippen molar-refractivity contribution in [3.05, 3.63) is 69.8 Å². The highest BCUT2D eigenvalue weighted by atomic mass is 79.9. The van der Waals surface area contributed by atoms with Crippen LogP contribution in [-0.2, 0) is 18.3 Å². The summed E-state index contributed by atoms with van der Waals surface area (Å²) >= 11 is 3.45. The van der Waals surface area contributed by atoms with Gasteiger partial charge in [-0.3, -0.25) is 9.48 Å². The Morgan fingerprint density at radius 2 is 2.04 bits per heavy atom. The van der Waals surface area contributed by atoms with Gasteiger partial charge in [0.25, 0.3) is 0 Å². The molecule has 5 nitrogen and oxygen atoms in total. The highest BCUT2D eigenvalue weighted by molar-refractivity contribution is 9.10. The molecule has 0 aliphatic carbocycles. The molecule has 0 spiro atoms. The number of aromatic nitrogens is 2. The lowest BCUT2D eigenvalue weighted by molar-refractivity contribution is -0.111. The molecule has 4 rings (SSSR count). The van der Waals surface area contributed by atoms with Crippen molar-refractivity contribution in [3.63, 3.8) is 0 Å². The van der Waals surface area contributed by atoms with Crippen LogP contribution in [0.25, 0.3) is 17.2 Å². The van der Waals surface area contributed by atoms with Crippen molar-refractivity contribution in [3.8, 4) is 16.9 Å². The molecule has 0 atom stereocenters. The number of ether oxygens (including phenoxy) is 1. The molecule has 1 aliphatic heterocycles. The molecular weight excluding hydrogens is 418 g/mol. The number of carbonyl (C=O) groups is 1. The van der Waals surface area contributed by atoms with Gasteiger partial charge in [0.2, 0.25) is 5.91 Å². The van der Waals surface area contributed by atoms with E-state index in [4.69, 9.17) is 4.74 Å². The summed E-state index contributed by atoms with van der Waals surface area (Å²) in [6.45, 7) is 2.66. The van der Waals surface area contributed by atoms with E-state index in [2.05, 4.69) is 32.4 Å². The number of nitrogens with one attached hydrogen (secondary N) is 1. The number of aryl methyl sites for hydroxylation is 2. The number of halogens is 1. The number of nitrogens with zero attached hydrogens (tertiary/aromatic N) is 2. The lowest BCUT2D eigenvalue weighted by Gasteiger charge is -2.08. The van der Waals surface area contributed by atoms with Crippen LogP contribution in [0.3, 0.4) is 0 Å². The zero-order valence-corrected chi connectivity index (χ0v) is 17.3. The summed E-state index contributed by atoms with van der Waals surface area (Å²) < 4.78 is 8.23. The summed E-state index contributed by atoms with van der Waals surface area (Å²) in [5, 5.41) is 7.45. The van der Waals surface area contributed by atoms with Crippen LogP contribution in [0.15, 0.2) is 53.0 Å². The number of anilines is 1. The van der Waals surface area contributed by atoms with Gasteiger partial charge in [-0.1, -0.05) is 34.1 Å². The van der Waals surface area contributed by atoms with E-state index in [9.17, 15) is 4.79 Å². The van der Waals surface area contributed by atoms with Gasteiger partial charge in [0.15, 0.2) is 0 Å². The molecule has 0 unspecified atom stereocenters. The second kappa shape index (κ2) is 7.64. The fraction of sp³-hybridized carbons (Fsp3) is 0.182. The van der Waals surface area contributed by atoms with Gasteiger partial charge in [-0.2, -0.15) is 5.10 Å². The molecule has 0 fully saturated rings. The van der Waals surface area contributed by atoms with Crippen LogP contribution in [-0.4, -0.2) is 22.3 Å². The zero-order valence-electron chi connectivity index (χ0n) is 15.7. The Hall–Kier alpha value is -2.86. The normalized spacial score (nSPS) is 12.8. The van der Waals surface area contributed by atoms with Gasteiger partial charge >= 0.3 is 0 Å². The third kappa shape index (κ3) is 3.73. The van der Waals surface area contributed by atoms with Crippen molar-refractivity contribution < 1.29 is 9.53 Å². The van der Waals surface area contributed by atoms with Crippen LogP contribution in [0.4, 0.5) is 5.82 Å². The van der Waals surface area contributed by atoms with Crippen molar-refractivity contribution in [1.82, 2.24) is 9.78 Å². The molecular formula is C22H20BrN3O2. The van der Waals surface area contributed by atoms with Crippen molar-refractivity contribution >= 4 is 33.7 Å². The minimum atomic E-state index is -0.196. The minimum absolute atomic E-state index is 0.196. The summed E-state index contributed by atoms with van der Waals surface area (Å²) in [4.78, 5) is 12.5. The van der Waals surface area contributed by atoms with Crippen molar-refractivity contribution in [1.29, 1.82) is 0 Å². The predicted molar refractivity (Wildman–Crippen MR) is 114 cm³/mol. The van der Waals surface area contributed by atoms with Gasteiger partial charge in [0.1, 0.15) is 11.6 Å². The first-order valence-corrected chi connectivity index (χ1v) is 9.85. The van der Waals surface area contributed by atoms with Crippen molar-refractivity contribution in [2.75, 3.05) is 11.9 Å². The van der Waals surface area contributed by atoms with Crippen LogP contribution in [0.1, 0.15) is 16.8 Å². The average molecular weight is 438 g/mol. The number of carbonyl (C=O) groups excluding carboxylic acids is 1. The molecule has 2 heterocycles. The number of benzene rings is 2. The molecule has 3 aromatic rings. The zero-order chi connectivity index (χ0) is 19.7. The van der Waals surface area contributed by atoms with E-state index in [0.717, 1.165) is 45.6 Å². The van der Waals surface area contributed by atoms with Gasteiger partial charge in [-0.15, -0.1) is 0 Å². The van der Waals surface area contributed by atoms with Gasteiger partial charge in [-0.05, 0) is 54.0 Å². The van der Waals surface area contributed by atoms with E-state index in [-0.39, 0.29) is 5.91 Å². The Kier molecular flexibility index (Phi) is 5.05. The molecule has 1 aliphatic rings. The maximum atomic E-state index is 12.5. The Morgan fingerprint density at radius 1 is 1.25 bits per heavy atom. The largest absolute Gasteiger partial charge is 0.493 e. The van der Waals surface area contributed by atoms with Crippen LogP contribution in [0, 0.1) is 6.92 Å². The van der Waals surface area contributed by atoms with E-state index in [1.165, 1.54) is 5.56 Å². The molecule has 0 saturated heterocycles. The Bertz CT molecular complexity index is 1070. The Morgan fingerprint density at radius 3 is 2.82 bits per heavy atom. The van der Waals surface area contributed by atoms with Gasteiger partial charge < -0.3 is 10.1 Å². The van der Waals surface area contributed by atoms with Crippen LogP contribution >= 0.6 is 15.9 Å². The summed E-state index contributed by atoms with van der Waals surface area (Å²) in [5.41, 5.74) is 4.96. The highest BCUT2D eigenvalue weighted by Gasteiger charge is 2.17. The van der Waals surface area contributed by atoms with Gasteiger partial charge in [0, 0.05) is 29.6 Å². The summed E-state index contributed by atoms with van der Waals surface area (Å²) in [6.07, 6.45) is 4.27. The number of fused-ring (bicyclic) bond motifs is 1. The second-order valence-corrected chi connectivity index (χ2v) is 7.64. The van der Waals surface area contributed by atoms with E-state index in [0.29, 0.717) is 5.82 Å². The number of hydrogen-bond acceptors (Lipinski definition) is 3. The highest BCUT2D eigenvalue weighted by Crippen LogP contribution is 2.32. The van der Waals surface area contributed by atoms with E-state index in [1.807, 2.05) is 56.4 Å².